The minimum atomic E-state index is -0.928. The van der Waals surface area contributed by atoms with E-state index in [-0.39, 0.29) is 19.4 Å². The zero-order chi connectivity index (χ0) is 12.4. The molecule has 0 radical (unpaired) electrons. The second kappa shape index (κ2) is 12.4. The van der Waals surface area contributed by atoms with Crippen LogP contribution < -0.4 is 11.5 Å². The maximum atomic E-state index is 9.95. The van der Waals surface area contributed by atoms with Crippen molar-refractivity contribution in [2.75, 3.05) is 6.61 Å². The minimum Gasteiger partial charge on any atom is -0.454 e. The van der Waals surface area contributed by atoms with Crippen LogP contribution in [0.25, 0.3) is 0 Å². The SMILES string of the molecule is C.CC[C@H](N)C(=O)O.C[SeH].[NH3+][C@H]1COC1=O. The molecule has 0 bridgehead atoms. The van der Waals surface area contributed by atoms with Crippen LogP contribution in [-0.4, -0.2) is 51.7 Å². The van der Waals surface area contributed by atoms with Gasteiger partial charge >= 0.3 is 33.8 Å². The molecule has 0 saturated carbocycles. The van der Waals surface area contributed by atoms with Gasteiger partial charge in [0, 0.05) is 0 Å². The summed E-state index contributed by atoms with van der Waals surface area (Å²) in [6, 6.07) is -0.759. The van der Waals surface area contributed by atoms with Crippen LogP contribution >= 0.6 is 0 Å². The Hall–Kier alpha value is -0.621. The van der Waals surface area contributed by atoms with E-state index in [0.29, 0.717) is 13.0 Å². The first kappa shape index (κ1) is 20.8. The molecule has 6 nitrogen and oxygen atoms in total. The van der Waals surface area contributed by atoms with Crippen molar-refractivity contribution >= 4 is 28.0 Å². The molecule has 16 heavy (non-hydrogen) atoms. The van der Waals surface area contributed by atoms with Gasteiger partial charge in [-0.25, -0.2) is 4.79 Å². The van der Waals surface area contributed by atoms with Crippen LogP contribution in [0.2, 0.25) is 5.82 Å². The molecule has 0 spiro atoms. The van der Waals surface area contributed by atoms with Crippen molar-refractivity contribution in [3.63, 3.8) is 0 Å². The molecule has 2 atom stereocenters. The van der Waals surface area contributed by atoms with E-state index in [4.69, 9.17) is 10.8 Å². The first-order valence-corrected chi connectivity index (χ1v) is 6.29. The fraction of sp³-hybridized carbons (Fsp3) is 0.778. The van der Waals surface area contributed by atoms with Crippen LogP contribution in [0.4, 0.5) is 0 Å². The molecule has 1 heterocycles. The number of aliphatic carboxylic acids is 1. The van der Waals surface area contributed by atoms with Gasteiger partial charge < -0.3 is 21.3 Å². The maximum absolute atomic E-state index is 9.95. The molecule has 98 valence electrons. The zero-order valence-corrected chi connectivity index (χ0v) is 10.8. The van der Waals surface area contributed by atoms with Gasteiger partial charge in [-0.2, -0.15) is 0 Å². The van der Waals surface area contributed by atoms with Crippen LogP contribution in [0.3, 0.4) is 0 Å². The quantitative estimate of drug-likeness (QED) is 0.425. The summed E-state index contributed by atoms with van der Waals surface area (Å²) in [6.07, 6.45) is 0.495. The van der Waals surface area contributed by atoms with Crippen molar-refractivity contribution < 1.29 is 25.2 Å². The van der Waals surface area contributed by atoms with E-state index >= 15 is 0 Å². The molecule has 0 aromatic carbocycles. The number of carboxylic acids is 1. The van der Waals surface area contributed by atoms with Gasteiger partial charge in [0.15, 0.2) is 6.61 Å². The van der Waals surface area contributed by atoms with Crippen LogP contribution in [0.1, 0.15) is 20.8 Å². The standard InChI is InChI=1S/C4H9NO2.C3H5NO2.CH4Se.CH4/c1-2-3(5)4(6)7;4-2-1-6-3(2)5;1-2;/h3H,2,5H2,1H3,(H,6,7);2H,1,4H2;2H,1H3;1H4/p+1/t3-;2-;;/m00../s1. The monoisotopic (exact) mass is 303 g/mol. The summed E-state index contributed by atoms with van der Waals surface area (Å²) in [5, 5.41) is 8.06. The molecule has 7 heteroatoms. The Morgan fingerprint density at radius 2 is 2.12 bits per heavy atom. The van der Waals surface area contributed by atoms with Gasteiger partial charge in [0.2, 0.25) is 6.04 Å². The molecule has 1 aliphatic heterocycles. The number of quaternary nitrogens is 1. The van der Waals surface area contributed by atoms with Gasteiger partial charge in [0.25, 0.3) is 0 Å². The summed E-state index contributed by atoms with van der Waals surface area (Å²) < 4.78 is 4.34. The van der Waals surface area contributed by atoms with Crippen molar-refractivity contribution in [1.29, 1.82) is 0 Å². The maximum Gasteiger partial charge on any atom is 0.368 e. The molecule has 1 fully saturated rings. The second-order valence-corrected chi connectivity index (χ2v) is 2.68. The Labute approximate surface area is 105 Å². The minimum absolute atomic E-state index is 0. The summed E-state index contributed by atoms with van der Waals surface area (Å²) in [5.74, 6) is 0.838. The van der Waals surface area contributed by atoms with E-state index in [1.165, 1.54) is 0 Å². The van der Waals surface area contributed by atoms with Crippen molar-refractivity contribution in [2.45, 2.75) is 38.7 Å². The largest absolute Gasteiger partial charge is 0.454 e. The fourth-order valence-corrected chi connectivity index (χ4v) is 0.444. The number of cyclic esters (lactones) is 1. The number of nitrogens with two attached hydrogens (primary N) is 1. The molecule has 0 amide bonds. The average Bonchev–Trinajstić information content (AvgIpc) is 2.28. The van der Waals surface area contributed by atoms with E-state index in [1.54, 1.807) is 6.92 Å². The molecule has 0 aromatic rings. The van der Waals surface area contributed by atoms with Gasteiger partial charge in [-0.1, -0.05) is 14.4 Å². The first-order valence-electron chi connectivity index (χ1n) is 4.41. The van der Waals surface area contributed by atoms with E-state index in [2.05, 4.69) is 26.5 Å². The Bertz CT molecular complexity index is 202. The van der Waals surface area contributed by atoms with Gasteiger partial charge in [0.1, 0.15) is 6.04 Å². The Balaban J connectivity index is -0.000000174. The second-order valence-electron chi connectivity index (χ2n) is 2.68. The van der Waals surface area contributed by atoms with Crippen molar-refractivity contribution in [3.05, 3.63) is 0 Å². The molecule has 0 aromatic heterocycles. The Morgan fingerprint density at radius 1 is 1.75 bits per heavy atom. The molecular formula is C9H23N2O4Se+. The molecule has 0 aliphatic carbocycles. The number of rotatable bonds is 2. The number of carbonyl (C=O) groups is 2. The zero-order valence-electron chi connectivity index (χ0n) is 8.97. The van der Waals surface area contributed by atoms with Crippen LogP contribution in [-0.2, 0) is 14.3 Å². The number of esters is 1. The summed E-state index contributed by atoms with van der Waals surface area (Å²) in [6.45, 7) is 2.25. The number of hydrogen-bond donors (Lipinski definition) is 3. The van der Waals surface area contributed by atoms with E-state index in [1.807, 2.05) is 5.82 Å². The number of carbonyl (C=O) groups excluding carboxylic acids is 1. The average molecular weight is 302 g/mol. The summed E-state index contributed by atoms with van der Waals surface area (Å²) in [4.78, 5) is 19.8. The summed E-state index contributed by atoms with van der Waals surface area (Å²) >= 11 is 2.31. The normalized spacial score (nSPS) is 18.1. The van der Waals surface area contributed by atoms with E-state index in [9.17, 15) is 9.59 Å². The summed E-state index contributed by atoms with van der Waals surface area (Å²) in [5.41, 5.74) is 8.47. The first-order chi connectivity index (χ1) is 6.99. The van der Waals surface area contributed by atoms with Crippen LogP contribution in [0, 0.1) is 0 Å². The number of ether oxygens (including phenoxy) is 1. The van der Waals surface area contributed by atoms with Gasteiger partial charge in [-0.15, -0.1) is 0 Å². The van der Waals surface area contributed by atoms with Crippen LogP contribution in [0.15, 0.2) is 0 Å². The van der Waals surface area contributed by atoms with E-state index < -0.39 is 12.0 Å². The molecule has 0 unspecified atom stereocenters. The van der Waals surface area contributed by atoms with Gasteiger partial charge in [-0.3, -0.25) is 4.79 Å². The molecule has 6 N–H and O–H groups in total. The van der Waals surface area contributed by atoms with E-state index in [0.717, 1.165) is 0 Å². The molecular weight excluding hydrogens is 279 g/mol. The predicted molar refractivity (Wildman–Crippen MR) is 63.3 cm³/mol. The third-order valence-electron chi connectivity index (χ3n) is 1.52. The Morgan fingerprint density at radius 3 is 2.12 bits per heavy atom. The smallest absolute Gasteiger partial charge is 0.368 e. The van der Waals surface area contributed by atoms with Gasteiger partial charge in [-0.05, 0) is 6.42 Å². The number of hydrogen-bond acceptors (Lipinski definition) is 4. The summed E-state index contributed by atoms with van der Waals surface area (Å²) in [7, 11) is 0. The molecule has 1 aliphatic rings. The topological polar surface area (TPSA) is 117 Å². The number of carboxylic acid groups (broad SMARTS) is 1. The van der Waals surface area contributed by atoms with Crippen LogP contribution in [0.5, 0.6) is 0 Å². The third kappa shape index (κ3) is 9.92. The Kier molecular flexibility index (Phi) is 16.1. The van der Waals surface area contributed by atoms with Crippen molar-refractivity contribution in [2.24, 2.45) is 5.73 Å². The third-order valence-corrected chi connectivity index (χ3v) is 1.52. The van der Waals surface area contributed by atoms with Crippen molar-refractivity contribution in [3.8, 4) is 0 Å². The van der Waals surface area contributed by atoms with Gasteiger partial charge in [0.05, 0.1) is 0 Å². The molecule has 1 rings (SSSR count). The van der Waals surface area contributed by atoms with Crippen molar-refractivity contribution in [1.82, 2.24) is 0 Å². The fourth-order valence-electron chi connectivity index (χ4n) is 0.444. The predicted octanol–water partition coefficient (Wildman–Crippen LogP) is -1.47. The molecule has 1 saturated heterocycles.